The summed E-state index contributed by atoms with van der Waals surface area (Å²) < 4.78 is 38.1. The number of aliphatic hydroxyl groups is 1. The largest absolute Gasteiger partial charge is 0.390 e. The Morgan fingerprint density at radius 1 is 1.20 bits per heavy atom. The van der Waals surface area contributed by atoms with Crippen molar-refractivity contribution in [3.05, 3.63) is 52.4 Å². The molecule has 3 atom stereocenters. The van der Waals surface area contributed by atoms with Gasteiger partial charge in [0.25, 0.3) is 0 Å². The van der Waals surface area contributed by atoms with E-state index in [4.69, 9.17) is 11.6 Å². The van der Waals surface area contributed by atoms with Crippen molar-refractivity contribution < 1.29 is 23.1 Å². The molecule has 1 aliphatic heterocycles. The molecule has 0 spiro atoms. The molecule has 1 aliphatic carbocycles. The molecule has 2 N–H and O–H groups in total. The summed E-state index contributed by atoms with van der Waals surface area (Å²) in [5, 5.41) is 13.6. The molecule has 1 aromatic carbocycles. The number of carbonyl (C=O) groups excluding carboxylic acids is 1. The molecule has 0 bridgehead atoms. The van der Waals surface area contributed by atoms with Crippen LogP contribution in [0.4, 0.5) is 19.0 Å². The number of benzene rings is 1. The molecule has 1 unspecified atom stereocenters. The van der Waals surface area contributed by atoms with Crippen LogP contribution in [0.15, 0.2) is 30.6 Å². The lowest BCUT2D eigenvalue weighted by Crippen LogP contribution is -2.55. The molecule has 2 heterocycles. The van der Waals surface area contributed by atoms with Crippen LogP contribution in [-0.4, -0.2) is 70.8 Å². The smallest absolute Gasteiger partial charge is 0.387 e. The summed E-state index contributed by atoms with van der Waals surface area (Å²) in [6.45, 7) is 3.62. The molecular formula is C24H29ClF3N5O2. The lowest BCUT2D eigenvalue weighted by atomic mass is 10.0. The molecule has 1 amide bonds. The Bertz CT molecular complexity index is 1030. The van der Waals surface area contributed by atoms with Crippen molar-refractivity contribution >= 4 is 23.3 Å². The zero-order valence-electron chi connectivity index (χ0n) is 19.4. The quantitative estimate of drug-likeness (QED) is 0.592. The minimum Gasteiger partial charge on any atom is -0.387 e. The first-order chi connectivity index (χ1) is 16.6. The number of hydrogen-bond acceptors (Lipinski definition) is 6. The average molecular weight is 512 g/mol. The summed E-state index contributed by atoms with van der Waals surface area (Å²) in [5.41, 5.74) is 2.43. The van der Waals surface area contributed by atoms with Gasteiger partial charge in [0.2, 0.25) is 5.91 Å². The number of amides is 1. The van der Waals surface area contributed by atoms with E-state index in [9.17, 15) is 23.1 Å². The molecular weight excluding hydrogens is 483 g/mol. The lowest BCUT2D eigenvalue weighted by Gasteiger charge is -2.38. The lowest BCUT2D eigenvalue weighted by molar-refractivity contribution is -0.138. The second-order valence-corrected chi connectivity index (χ2v) is 9.60. The first kappa shape index (κ1) is 25.7. The van der Waals surface area contributed by atoms with Gasteiger partial charge in [0, 0.05) is 43.3 Å². The topological polar surface area (TPSA) is 81.6 Å². The molecule has 4 rings (SSSR count). The first-order valence-corrected chi connectivity index (χ1v) is 12.1. The van der Waals surface area contributed by atoms with Crippen molar-refractivity contribution in [3.63, 3.8) is 0 Å². The summed E-state index contributed by atoms with van der Waals surface area (Å²) in [5.74, 6) is 0.697. The molecule has 2 aromatic rings. The normalized spacial score (nSPS) is 21.2. The molecule has 0 radical (unpaired) electrons. The second-order valence-electron chi connectivity index (χ2n) is 9.16. The molecule has 2 aliphatic rings. The van der Waals surface area contributed by atoms with Crippen LogP contribution in [0.2, 0.25) is 5.02 Å². The number of nitrogens with zero attached hydrogens (tertiary/aromatic N) is 4. The Hall–Kier alpha value is -2.43. The summed E-state index contributed by atoms with van der Waals surface area (Å²) >= 11 is 5.94. The van der Waals surface area contributed by atoms with Gasteiger partial charge < -0.3 is 20.2 Å². The van der Waals surface area contributed by atoms with Crippen molar-refractivity contribution in [1.29, 1.82) is 0 Å². The van der Waals surface area contributed by atoms with Gasteiger partial charge >= 0.3 is 6.18 Å². The van der Waals surface area contributed by atoms with E-state index in [2.05, 4.69) is 20.2 Å². The molecule has 7 nitrogen and oxygen atoms in total. The van der Waals surface area contributed by atoms with E-state index in [0.717, 1.165) is 16.9 Å². The number of aliphatic hydroxyl groups excluding tert-OH is 1. The first-order valence-electron chi connectivity index (χ1n) is 11.7. The Morgan fingerprint density at radius 3 is 2.54 bits per heavy atom. The number of fused-ring (bicyclic) bond motifs is 1. The monoisotopic (exact) mass is 511 g/mol. The van der Waals surface area contributed by atoms with E-state index in [1.165, 1.54) is 6.33 Å². The summed E-state index contributed by atoms with van der Waals surface area (Å²) in [7, 11) is 0. The van der Waals surface area contributed by atoms with Gasteiger partial charge in [-0.2, -0.15) is 13.2 Å². The minimum absolute atomic E-state index is 0.137. The molecule has 190 valence electrons. The van der Waals surface area contributed by atoms with Gasteiger partial charge in [0.15, 0.2) is 0 Å². The molecule has 0 saturated carbocycles. The summed E-state index contributed by atoms with van der Waals surface area (Å²) in [6.07, 6.45) is -3.57. The summed E-state index contributed by atoms with van der Waals surface area (Å²) in [4.78, 5) is 25.8. The zero-order valence-corrected chi connectivity index (χ0v) is 20.2. The van der Waals surface area contributed by atoms with Crippen molar-refractivity contribution in [2.45, 2.75) is 50.4 Å². The van der Waals surface area contributed by atoms with Crippen molar-refractivity contribution in [1.82, 2.24) is 20.2 Å². The van der Waals surface area contributed by atoms with Gasteiger partial charge in [-0.25, -0.2) is 9.97 Å². The van der Waals surface area contributed by atoms with Crippen LogP contribution in [0.25, 0.3) is 0 Å². The Balaban J connectivity index is 1.42. The highest BCUT2D eigenvalue weighted by molar-refractivity contribution is 6.30. The Morgan fingerprint density at radius 2 is 1.89 bits per heavy atom. The van der Waals surface area contributed by atoms with E-state index in [0.29, 0.717) is 43.3 Å². The Labute approximate surface area is 207 Å². The number of nitrogens with one attached hydrogen (secondary N) is 1. The van der Waals surface area contributed by atoms with Crippen LogP contribution in [0.3, 0.4) is 0 Å². The molecule has 35 heavy (non-hydrogen) atoms. The third-order valence-corrected chi connectivity index (χ3v) is 6.87. The number of hydrogen-bond donors (Lipinski definition) is 2. The number of alkyl halides is 3. The maximum Gasteiger partial charge on any atom is 0.390 e. The third-order valence-electron chi connectivity index (χ3n) is 6.62. The van der Waals surface area contributed by atoms with Crippen molar-refractivity contribution in [2.75, 3.05) is 37.6 Å². The predicted molar refractivity (Wildman–Crippen MR) is 126 cm³/mol. The standard InChI is InChI=1S/C24H29ClF3N5O2/c1-15-12-19(34)21-20(15)22(31-14-30-21)32-8-10-33(11-9-32)23(35)18(29-7-6-24(26,27)28)13-16-2-4-17(25)5-3-16/h2-5,14-15,18-19,29,34H,6-13H2,1H3/t15-,18?,19-/m1/s1. The molecule has 1 fully saturated rings. The van der Waals surface area contributed by atoms with E-state index in [1.54, 1.807) is 29.2 Å². The highest BCUT2D eigenvalue weighted by atomic mass is 35.5. The number of piperazine rings is 1. The van der Waals surface area contributed by atoms with Crippen LogP contribution >= 0.6 is 11.6 Å². The molecule has 11 heteroatoms. The van der Waals surface area contributed by atoms with E-state index < -0.39 is 24.7 Å². The van der Waals surface area contributed by atoms with E-state index >= 15 is 0 Å². The van der Waals surface area contributed by atoms with Gasteiger partial charge in [-0.1, -0.05) is 30.7 Å². The van der Waals surface area contributed by atoms with E-state index in [1.807, 2.05) is 6.92 Å². The number of halogens is 4. The SMILES string of the molecule is C[C@@H]1C[C@@H](O)c2ncnc(N3CCN(C(=O)C(Cc4ccc(Cl)cc4)NCCC(F)(F)F)CC3)c21. The fourth-order valence-corrected chi connectivity index (χ4v) is 4.93. The molecule has 1 aromatic heterocycles. The third kappa shape index (κ3) is 6.23. The predicted octanol–water partition coefficient (Wildman–Crippen LogP) is 3.47. The van der Waals surface area contributed by atoms with Gasteiger partial charge in [0.1, 0.15) is 12.1 Å². The fourth-order valence-electron chi connectivity index (χ4n) is 4.80. The molecule has 1 saturated heterocycles. The van der Waals surface area contributed by atoms with Crippen LogP contribution in [0, 0.1) is 0 Å². The highest BCUT2D eigenvalue weighted by Gasteiger charge is 2.35. The van der Waals surface area contributed by atoms with Crippen LogP contribution < -0.4 is 10.2 Å². The highest BCUT2D eigenvalue weighted by Crippen LogP contribution is 2.42. The maximum atomic E-state index is 13.3. The summed E-state index contributed by atoms with van der Waals surface area (Å²) in [6, 6.07) is 6.17. The van der Waals surface area contributed by atoms with Crippen LogP contribution in [-0.2, 0) is 11.2 Å². The number of carbonyl (C=O) groups is 1. The maximum absolute atomic E-state index is 13.3. The van der Waals surface area contributed by atoms with Gasteiger partial charge in [-0.3, -0.25) is 4.79 Å². The van der Waals surface area contributed by atoms with Crippen LogP contribution in [0.1, 0.15) is 48.6 Å². The van der Waals surface area contributed by atoms with Crippen molar-refractivity contribution in [3.8, 4) is 0 Å². The van der Waals surface area contributed by atoms with Gasteiger partial charge in [0.05, 0.1) is 24.3 Å². The van der Waals surface area contributed by atoms with Crippen molar-refractivity contribution in [2.24, 2.45) is 0 Å². The van der Waals surface area contributed by atoms with E-state index in [-0.39, 0.29) is 24.8 Å². The second kappa shape index (κ2) is 10.7. The minimum atomic E-state index is -4.30. The van der Waals surface area contributed by atoms with Crippen LogP contribution in [0.5, 0.6) is 0 Å². The Kier molecular flexibility index (Phi) is 7.83. The van der Waals surface area contributed by atoms with Gasteiger partial charge in [-0.05, 0) is 36.5 Å². The fraction of sp³-hybridized carbons (Fsp3) is 0.542. The number of rotatable bonds is 7. The number of aromatic nitrogens is 2. The average Bonchev–Trinajstić information content (AvgIpc) is 3.12. The van der Waals surface area contributed by atoms with Gasteiger partial charge in [-0.15, -0.1) is 0 Å². The zero-order chi connectivity index (χ0) is 25.2. The number of anilines is 1.